The quantitative estimate of drug-likeness (QED) is 0.289. The third-order valence-electron chi connectivity index (χ3n) is 7.90. The monoisotopic (exact) mass is 573 g/mol. The zero-order chi connectivity index (χ0) is 29.1. The van der Waals surface area contributed by atoms with Gasteiger partial charge in [0.2, 0.25) is 0 Å². The highest BCUT2D eigenvalue weighted by Crippen LogP contribution is 2.29. The van der Waals surface area contributed by atoms with E-state index in [1.165, 1.54) is 38.9 Å². The van der Waals surface area contributed by atoms with Crippen molar-refractivity contribution >= 4 is 32.7 Å². The minimum absolute atomic E-state index is 0.0551. The summed E-state index contributed by atoms with van der Waals surface area (Å²) in [4.78, 5) is 25.9. The molecule has 1 aromatic heterocycles. The Hall–Kier alpha value is -4.11. The van der Waals surface area contributed by atoms with Crippen LogP contribution in [0.3, 0.4) is 0 Å². The van der Waals surface area contributed by atoms with Gasteiger partial charge in [-0.3, -0.25) is 9.59 Å². The highest BCUT2D eigenvalue weighted by Gasteiger charge is 2.22. The molecule has 0 unspecified atom stereocenters. The lowest BCUT2D eigenvalue weighted by atomic mass is 10.0. The van der Waals surface area contributed by atoms with Crippen LogP contribution in [0.5, 0.6) is 5.75 Å². The van der Waals surface area contributed by atoms with Crippen molar-refractivity contribution in [2.24, 2.45) is 13.0 Å². The molecule has 5 rings (SSSR count). The molecule has 2 amide bonds. The lowest BCUT2D eigenvalue weighted by Gasteiger charge is -2.12. The fraction of sp³-hybridized carbons (Fsp3) is 0.312. The van der Waals surface area contributed by atoms with E-state index in [4.69, 9.17) is 4.74 Å². The number of rotatable bonds is 9. The SMILES string of the molecule is COc1cc(C(=O)NS(=O)(=O)c2ccccc2C)ccc1Cc1cn(C)c2ccc(C(=O)NCC3CCCC3)cc12. The maximum absolute atomic E-state index is 12.9. The number of benzene rings is 3. The van der Waals surface area contributed by atoms with Crippen LogP contribution < -0.4 is 14.8 Å². The molecule has 0 radical (unpaired) electrons. The molecule has 9 heteroatoms. The smallest absolute Gasteiger partial charge is 0.265 e. The molecule has 0 aliphatic heterocycles. The first-order valence-corrected chi connectivity index (χ1v) is 15.3. The van der Waals surface area contributed by atoms with E-state index in [9.17, 15) is 18.0 Å². The predicted octanol–water partition coefficient (Wildman–Crippen LogP) is 5.12. The molecule has 1 aliphatic carbocycles. The van der Waals surface area contributed by atoms with Crippen molar-refractivity contribution in [1.29, 1.82) is 0 Å². The first kappa shape index (κ1) is 28.4. The number of amides is 2. The average Bonchev–Trinajstić information content (AvgIpc) is 3.59. The molecule has 0 atom stereocenters. The molecule has 0 bridgehead atoms. The molecular formula is C32H35N3O5S. The van der Waals surface area contributed by atoms with Gasteiger partial charge in [-0.1, -0.05) is 37.1 Å². The first-order chi connectivity index (χ1) is 19.7. The number of ether oxygens (including phenoxy) is 1. The summed E-state index contributed by atoms with van der Waals surface area (Å²) in [6, 6.07) is 17.1. The number of aryl methyl sites for hydroxylation is 2. The molecule has 3 aromatic carbocycles. The number of hydrogen-bond acceptors (Lipinski definition) is 5. The topological polar surface area (TPSA) is 106 Å². The number of sulfonamides is 1. The summed E-state index contributed by atoms with van der Waals surface area (Å²) in [5, 5.41) is 4.07. The maximum atomic E-state index is 12.9. The normalized spacial score (nSPS) is 13.8. The maximum Gasteiger partial charge on any atom is 0.265 e. The van der Waals surface area contributed by atoms with Gasteiger partial charge >= 0.3 is 0 Å². The molecule has 41 heavy (non-hydrogen) atoms. The van der Waals surface area contributed by atoms with Crippen molar-refractivity contribution in [3.05, 3.63) is 94.7 Å². The molecule has 1 heterocycles. The highest BCUT2D eigenvalue weighted by atomic mass is 32.2. The highest BCUT2D eigenvalue weighted by molar-refractivity contribution is 7.90. The van der Waals surface area contributed by atoms with Crippen LogP contribution in [0.1, 0.15) is 63.1 Å². The van der Waals surface area contributed by atoms with E-state index in [1.54, 1.807) is 43.3 Å². The lowest BCUT2D eigenvalue weighted by Crippen LogP contribution is -2.31. The Labute approximate surface area is 240 Å². The molecule has 0 saturated heterocycles. The van der Waals surface area contributed by atoms with Crippen LogP contribution in [0.4, 0.5) is 0 Å². The van der Waals surface area contributed by atoms with E-state index < -0.39 is 15.9 Å². The van der Waals surface area contributed by atoms with E-state index in [1.807, 2.05) is 36.0 Å². The van der Waals surface area contributed by atoms with Crippen LogP contribution in [0.25, 0.3) is 10.9 Å². The number of methoxy groups -OCH3 is 1. The number of aromatic nitrogens is 1. The molecular weight excluding hydrogens is 538 g/mol. The molecule has 8 nitrogen and oxygen atoms in total. The van der Waals surface area contributed by atoms with E-state index in [2.05, 4.69) is 10.0 Å². The molecule has 2 N–H and O–H groups in total. The minimum Gasteiger partial charge on any atom is -0.496 e. The molecule has 214 valence electrons. The summed E-state index contributed by atoms with van der Waals surface area (Å²) in [5.74, 6) is 0.224. The Kier molecular flexibility index (Phi) is 8.17. The number of fused-ring (bicyclic) bond motifs is 1. The standard InChI is InChI=1S/C32H35N3O5S/c1-21-8-4-7-11-30(21)41(38,39)34-32(37)25-13-12-23(29(18-25)40-3)16-26-20-35(2)28-15-14-24(17-27(26)28)31(36)33-19-22-9-5-6-10-22/h4,7-8,11-15,17-18,20,22H,5-6,9-10,16,19H2,1-3H3,(H,33,36)(H,34,37). The molecule has 4 aromatic rings. The molecule has 0 spiro atoms. The van der Waals surface area contributed by atoms with Crippen molar-refractivity contribution in [1.82, 2.24) is 14.6 Å². The van der Waals surface area contributed by atoms with Crippen LogP contribution in [-0.2, 0) is 23.5 Å². The zero-order valence-electron chi connectivity index (χ0n) is 23.6. The van der Waals surface area contributed by atoms with Gasteiger partial charge in [0.25, 0.3) is 21.8 Å². The predicted molar refractivity (Wildman–Crippen MR) is 159 cm³/mol. The largest absolute Gasteiger partial charge is 0.496 e. The van der Waals surface area contributed by atoms with Gasteiger partial charge in [0.15, 0.2) is 0 Å². The second-order valence-electron chi connectivity index (χ2n) is 10.8. The van der Waals surface area contributed by atoms with E-state index >= 15 is 0 Å². The van der Waals surface area contributed by atoms with Gasteiger partial charge in [-0.15, -0.1) is 0 Å². The minimum atomic E-state index is -4.03. The van der Waals surface area contributed by atoms with Gasteiger partial charge in [-0.2, -0.15) is 0 Å². The van der Waals surface area contributed by atoms with Gasteiger partial charge < -0.3 is 14.6 Å². The van der Waals surface area contributed by atoms with E-state index in [0.717, 1.165) is 22.0 Å². The summed E-state index contributed by atoms with van der Waals surface area (Å²) < 4.78 is 35.4. The van der Waals surface area contributed by atoms with Crippen molar-refractivity contribution in [3.8, 4) is 5.75 Å². The fourth-order valence-corrected chi connectivity index (χ4v) is 6.86. The van der Waals surface area contributed by atoms with Crippen LogP contribution in [0.15, 0.2) is 71.8 Å². The van der Waals surface area contributed by atoms with Crippen molar-refractivity contribution in [2.75, 3.05) is 13.7 Å². The van der Waals surface area contributed by atoms with Crippen molar-refractivity contribution in [2.45, 2.75) is 43.9 Å². The third-order valence-corrected chi connectivity index (χ3v) is 9.39. The number of hydrogen-bond donors (Lipinski definition) is 2. The third kappa shape index (κ3) is 6.15. The Morgan fingerprint density at radius 2 is 1.66 bits per heavy atom. The lowest BCUT2D eigenvalue weighted by molar-refractivity contribution is 0.0945. The van der Waals surface area contributed by atoms with Crippen LogP contribution in [0.2, 0.25) is 0 Å². The molecule has 1 aliphatic rings. The van der Waals surface area contributed by atoms with Crippen molar-refractivity contribution < 1.29 is 22.7 Å². The van der Waals surface area contributed by atoms with Crippen LogP contribution in [0, 0.1) is 12.8 Å². The van der Waals surface area contributed by atoms with Gasteiger partial charge in [0, 0.05) is 48.2 Å². The molecule has 1 saturated carbocycles. The van der Waals surface area contributed by atoms with E-state index in [-0.39, 0.29) is 16.4 Å². The summed E-state index contributed by atoms with van der Waals surface area (Å²) in [7, 11) is -0.556. The molecule has 1 fully saturated rings. The summed E-state index contributed by atoms with van der Waals surface area (Å²) >= 11 is 0. The number of carbonyl (C=O) groups excluding carboxylic acids is 2. The Morgan fingerprint density at radius 1 is 0.951 bits per heavy atom. The van der Waals surface area contributed by atoms with Gasteiger partial charge in [0.1, 0.15) is 5.75 Å². The van der Waals surface area contributed by atoms with E-state index in [0.29, 0.717) is 35.8 Å². The summed E-state index contributed by atoms with van der Waals surface area (Å²) in [6.07, 6.45) is 7.35. The second-order valence-corrected chi connectivity index (χ2v) is 12.4. The van der Waals surface area contributed by atoms with Crippen LogP contribution in [-0.4, -0.2) is 38.5 Å². The zero-order valence-corrected chi connectivity index (χ0v) is 24.4. The summed E-state index contributed by atoms with van der Waals surface area (Å²) in [6.45, 7) is 2.39. The Morgan fingerprint density at radius 3 is 2.39 bits per heavy atom. The Bertz CT molecular complexity index is 1720. The van der Waals surface area contributed by atoms with Crippen LogP contribution >= 0.6 is 0 Å². The number of nitrogens with zero attached hydrogens (tertiary/aromatic N) is 1. The van der Waals surface area contributed by atoms with Crippen molar-refractivity contribution in [3.63, 3.8) is 0 Å². The summed E-state index contributed by atoms with van der Waals surface area (Å²) in [5.41, 5.74) is 4.17. The Balaban J connectivity index is 1.36. The van der Waals surface area contributed by atoms with Gasteiger partial charge in [0.05, 0.1) is 12.0 Å². The first-order valence-electron chi connectivity index (χ1n) is 13.8. The average molecular weight is 574 g/mol. The number of nitrogens with one attached hydrogen (secondary N) is 2. The number of carbonyl (C=O) groups is 2. The van der Waals surface area contributed by atoms with Gasteiger partial charge in [-0.25, -0.2) is 13.1 Å². The van der Waals surface area contributed by atoms with Gasteiger partial charge in [-0.05, 0) is 78.8 Å². The second kappa shape index (κ2) is 11.8. The fourth-order valence-electron chi connectivity index (χ4n) is 5.64.